The van der Waals surface area contributed by atoms with Crippen LogP contribution >= 0.6 is 27.5 Å². The molecule has 2 aromatic rings. The molecule has 0 saturated heterocycles. The Morgan fingerprint density at radius 3 is 2.65 bits per heavy atom. The van der Waals surface area contributed by atoms with Gasteiger partial charge < -0.3 is 5.32 Å². The number of aryl methyl sites for hydroxylation is 1. The van der Waals surface area contributed by atoms with Crippen molar-refractivity contribution < 1.29 is 4.39 Å². The minimum absolute atomic E-state index is 0.0682. The zero-order valence-corrected chi connectivity index (χ0v) is 13.7. The normalized spacial score (nSPS) is 12.4. The van der Waals surface area contributed by atoms with E-state index in [-0.39, 0.29) is 11.9 Å². The van der Waals surface area contributed by atoms with Gasteiger partial charge in [0.1, 0.15) is 5.82 Å². The summed E-state index contributed by atoms with van der Waals surface area (Å²) in [5.41, 5.74) is 3.01. The van der Waals surface area contributed by atoms with E-state index in [2.05, 4.69) is 21.2 Å². The SMILES string of the molecule is CCNC(c1ccc(Br)c(Cl)c1)c1cc(F)ccc1C. The van der Waals surface area contributed by atoms with Gasteiger partial charge >= 0.3 is 0 Å². The average Bonchev–Trinajstić information content (AvgIpc) is 2.42. The van der Waals surface area contributed by atoms with Gasteiger partial charge in [0, 0.05) is 4.47 Å². The zero-order valence-electron chi connectivity index (χ0n) is 11.4. The molecule has 20 heavy (non-hydrogen) atoms. The lowest BCUT2D eigenvalue weighted by Gasteiger charge is -2.21. The van der Waals surface area contributed by atoms with E-state index >= 15 is 0 Å². The van der Waals surface area contributed by atoms with Gasteiger partial charge in [0.25, 0.3) is 0 Å². The van der Waals surface area contributed by atoms with Crippen molar-refractivity contribution >= 4 is 27.5 Å². The predicted octanol–water partition coefficient (Wildman–Crippen LogP) is 5.25. The summed E-state index contributed by atoms with van der Waals surface area (Å²) < 4.78 is 14.4. The Hall–Kier alpha value is -0.900. The molecule has 1 unspecified atom stereocenters. The fraction of sp³-hybridized carbons (Fsp3) is 0.250. The van der Waals surface area contributed by atoms with E-state index in [1.54, 1.807) is 12.1 Å². The summed E-state index contributed by atoms with van der Waals surface area (Å²) in [6.07, 6.45) is 0. The minimum atomic E-state index is -0.225. The van der Waals surface area contributed by atoms with E-state index < -0.39 is 0 Å². The molecular weight excluding hydrogens is 341 g/mol. The highest BCUT2D eigenvalue weighted by molar-refractivity contribution is 9.10. The van der Waals surface area contributed by atoms with E-state index in [0.717, 1.165) is 27.7 Å². The molecule has 0 heterocycles. The van der Waals surface area contributed by atoms with Gasteiger partial charge in [-0.3, -0.25) is 0 Å². The Morgan fingerprint density at radius 1 is 1.25 bits per heavy atom. The molecule has 1 N–H and O–H groups in total. The molecule has 0 amide bonds. The van der Waals surface area contributed by atoms with Gasteiger partial charge in [-0.15, -0.1) is 0 Å². The third-order valence-corrected chi connectivity index (χ3v) is 4.47. The van der Waals surface area contributed by atoms with Gasteiger partial charge in [0.15, 0.2) is 0 Å². The van der Waals surface area contributed by atoms with Gasteiger partial charge in [-0.1, -0.05) is 30.7 Å². The average molecular weight is 357 g/mol. The first kappa shape index (κ1) is 15.5. The first-order valence-corrected chi connectivity index (χ1v) is 7.64. The molecule has 2 rings (SSSR count). The molecule has 0 fully saturated rings. The Morgan fingerprint density at radius 2 is 2.00 bits per heavy atom. The molecule has 4 heteroatoms. The van der Waals surface area contributed by atoms with Gasteiger partial charge in [-0.05, 0) is 70.4 Å². The molecule has 0 saturated carbocycles. The second kappa shape index (κ2) is 6.70. The first-order valence-electron chi connectivity index (χ1n) is 6.47. The highest BCUT2D eigenvalue weighted by Crippen LogP contribution is 2.30. The standard InChI is InChI=1S/C16H16BrClFN/c1-3-20-16(11-5-7-14(17)15(18)8-11)13-9-12(19)6-4-10(13)2/h4-9,16,20H,3H2,1-2H3. The zero-order chi connectivity index (χ0) is 14.7. The number of benzene rings is 2. The van der Waals surface area contributed by atoms with Crippen molar-refractivity contribution in [3.05, 3.63) is 68.4 Å². The van der Waals surface area contributed by atoms with Crippen LogP contribution < -0.4 is 5.32 Å². The van der Waals surface area contributed by atoms with Crippen LogP contribution in [0.1, 0.15) is 29.7 Å². The maximum atomic E-state index is 13.5. The molecule has 0 radical (unpaired) electrons. The summed E-state index contributed by atoms with van der Waals surface area (Å²) in [6.45, 7) is 4.80. The number of rotatable bonds is 4. The Labute approximate surface area is 132 Å². The third kappa shape index (κ3) is 3.40. The van der Waals surface area contributed by atoms with Crippen LogP contribution in [0.5, 0.6) is 0 Å². The summed E-state index contributed by atoms with van der Waals surface area (Å²) in [4.78, 5) is 0. The van der Waals surface area contributed by atoms with Crippen molar-refractivity contribution in [2.24, 2.45) is 0 Å². The maximum Gasteiger partial charge on any atom is 0.123 e. The highest BCUT2D eigenvalue weighted by atomic mass is 79.9. The van der Waals surface area contributed by atoms with Gasteiger partial charge in [0.05, 0.1) is 11.1 Å². The Bertz CT molecular complexity index is 615. The molecule has 106 valence electrons. The summed E-state index contributed by atoms with van der Waals surface area (Å²) >= 11 is 9.56. The molecule has 0 aliphatic heterocycles. The summed E-state index contributed by atoms with van der Waals surface area (Å²) in [5, 5.41) is 4.04. The van der Waals surface area contributed by atoms with Crippen molar-refractivity contribution in [1.29, 1.82) is 0 Å². The molecule has 1 atom stereocenters. The number of nitrogens with one attached hydrogen (secondary N) is 1. The van der Waals surface area contributed by atoms with Crippen LogP contribution in [0.4, 0.5) is 4.39 Å². The van der Waals surface area contributed by atoms with Crippen LogP contribution in [-0.4, -0.2) is 6.54 Å². The van der Waals surface area contributed by atoms with Crippen molar-refractivity contribution in [1.82, 2.24) is 5.32 Å². The number of hydrogen-bond donors (Lipinski definition) is 1. The largest absolute Gasteiger partial charge is 0.307 e. The second-order valence-corrected chi connectivity index (χ2v) is 5.93. The van der Waals surface area contributed by atoms with Crippen LogP contribution in [0.25, 0.3) is 0 Å². The second-order valence-electron chi connectivity index (χ2n) is 4.67. The van der Waals surface area contributed by atoms with Crippen LogP contribution in [0.2, 0.25) is 5.02 Å². The molecular formula is C16H16BrClFN. The molecule has 0 aliphatic rings. The lowest BCUT2D eigenvalue weighted by Crippen LogP contribution is -2.23. The summed E-state index contributed by atoms with van der Waals surface area (Å²) in [5.74, 6) is -0.225. The third-order valence-electron chi connectivity index (χ3n) is 3.24. The van der Waals surface area contributed by atoms with Gasteiger partial charge in [-0.25, -0.2) is 4.39 Å². The van der Waals surface area contributed by atoms with Crippen molar-refractivity contribution in [3.63, 3.8) is 0 Å². The van der Waals surface area contributed by atoms with E-state index in [1.165, 1.54) is 6.07 Å². The minimum Gasteiger partial charge on any atom is -0.307 e. The fourth-order valence-corrected chi connectivity index (χ4v) is 2.66. The molecule has 1 nitrogen and oxygen atoms in total. The van der Waals surface area contributed by atoms with Crippen LogP contribution in [0.15, 0.2) is 40.9 Å². The van der Waals surface area contributed by atoms with E-state index in [4.69, 9.17) is 11.6 Å². The Balaban J connectivity index is 2.49. The predicted molar refractivity (Wildman–Crippen MR) is 85.8 cm³/mol. The number of halogens is 3. The fourth-order valence-electron chi connectivity index (χ4n) is 2.23. The van der Waals surface area contributed by atoms with Crippen LogP contribution in [0.3, 0.4) is 0 Å². The summed E-state index contributed by atoms with van der Waals surface area (Å²) in [7, 11) is 0. The molecule has 2 aromatic carbocycles. The van der Waals surface area contributed by atoms with E-state index in [9.17, 15) is 4.39 Å². The lowest BCUT2D eigenvalue weighted by molar-refractivity contribution is 0.600. The molecule has 0 bridgehead atoms. The lowest BCUT2D eigenvalue weighted by atomic mass is 9.95. The smallest absolute Gasteiger partial charge is 0.123 e. The Kier molecular flexibility index (Phi) is 5.19. The summed E-state index contributed by atoms with van der Waals surface area (Å²) in [6, 6.07) is 10.6. The van der Waals surface area contributed by atoms with E-state index in [0.29, 0.717) is 5.02 Å². The quantitative estimate of drug-likeness (QED) is 0.789. The topological polar surface area (TPSA) is 12.0 Å². The van der Waals surface area contributed by atoms with Crippen molar-refractivity contribution in [3.8, 4) is 0 Å². The van der Waals surface area contributed by atoms with E-state index in [1.807, 2.05) is 32.0 Å². The first-order chi connectivity index (χ1) is 9.52. The monoisotopic (exact) mass is 355 g/mol. The van der Waals surface area contributed by atoms with Crippen LogP contribution in [0, 0.1) is 12.7 Å². The highest BCUT2D eigenvalue weighted by Gasteiger charge is 2.16. The van der Waals surface area contributed by atoms with Crippen molar-refractivity contribution in [2.75, 3.05) is 6.54 Å². The number of hydrogen-bond acceptors (Lipinski definition) is 1. The van der Waals surface area contributed by atoms with Crippen molar-refractivity contribution in [2.45, 2.75) is 19.9 Å². The maximum absolute atomic E-state index is 13.5. The molecule has 0 aromatic heterocycles. The van der Waals surface area contributed by atoms with Gasteiger partial charge in [-0.2, -0.15) is 0 Å². The van der Waals surface area contributed by atoms with Crippen LogP contribution in [-0.2, 0) is 0 Å². The molecule has 0 spiro atoms. The van der Waals surface area contributed by atoms with Gasteiger partial charge in [0.2, 0.25) is 0 Å². The molecule has 0 aliphatic carbocycles.